The van der Waals surface area contributed by atoms with E-state index in [9.17, 15) is 9.59 Å². The lowest BCUT2D eigenvalue weighted by molar-refractivity contribution is -0.123. The van der Waals surface area contributed by atoms with Crippen molar-refractivity contribution in [1.29, 1.82) is 0 Å². The van der Waals surface area contributed by atoms with Gasteiger partial charge in [0.1, 0.15) is 6.54 Å². The van der Waals surface area contributed by atoms with Crippen LogP contribution in [-0.4, -0.2) is 18.4 Å². The van der Waals surface area contributed by atoms with Crippen LogP contribution in [0.1, 0.15) is 68.7 Å². The third-order valence-corrected chi connectivity index (χ3v) is 4.87. The van der Waals surface area contributed by atoms with Crippen molar-refractivity contribution in [2.75, 3.05) is 11.4 Å². The Labute approximate surface area is 169 Å². The van der Waals surface area contributed by atoms with Crippen LogP contribution in [0.2, 0.25) is 0 Å². The number of carbonyl (C=O) groups excluding carboxylic acids is 2. The SMILES string of the molecule is CC(=O)N(CC(=O)NCc1cccc(C)c1)c1c(C(C)C)cccc1C(C)C. The summed E-state index contributed by atoms with van der Waals surface area (Å²) in [6.45, 7) is 12.5. The second-order valence-corrected chi connectivity index (χ2v) is 7.97. The van der Waals surface area contributed by atoms with Crippen LogP contribution in [0.4, 0.5) is 5.69 Å². The average Bonchev–Trinajstić information content (AvgIpc) is 2.63. The van der Waals surface area contributed by atoms with Crippen LogP contribution in [-0.2, 0) is 16.1 Å². The molecule has 0 aliphatic carbocycles. The molecular formula is C24H32N2O2. The average molecular weight is 381 g/mol. The number of rotatable bonds is 7. The van der Waals surface area contributed by atoms with E-state index in [0.29, 0.717) is 6.54 Å². The summed E-state index contributed by atoms with van der Waals surface area (Å²) in [4.78, 5) is 26.8. The highest BCUT2D eigenvalue weighted by atomic mass is 16.2. The van der Waals surface area contributed by atoms with Gasteiger partial charge in [-0.1, -0.05) is 75.7 Å². The van der Waals surface area contributed by atoms with E-state index in [4.69, 9.17) is 0 Å². The summed E-state index contributed by atoms with van der Waals surface area (Å²) in [6, 6.07) is 14.2. The molecule has 0 atom stereocenters. The summed E-state index contributed by atoms with van der Waals surface area (Å²) in [7, 11) is 0. The van der Waals surface area contributed by atoms with Gasteiger partial charge in [-0.2, -0.15) is 0 Å². The molecule has 0 unspecified atom stereocenters. The molecule has 0 saturated heterocycles. The van der Waals surface area contributed by atoms with Crippen LogP contribution in [0.15, 0.2) is 42.5 Å². The number of para-hydroxylation sites is 1. The van der Waals surface area contributed by atoms with Gasteiger partial charge in [0.2, 0.25) is 11.8 Å². The molecule has 1 N–H and O–H groups in total. The highest BCUT2D eigenvalue weighted by Crippen LogP contribution is 2.35. The van der Waals surface area contributed by atoms with Gasteiger partial charge < -0.3 is 10.2 Å². The maximum absolute atomic E-state index is 12.6. The van der Waals surface area contributed by atoms with Crippen molar-refractivity contribution in [2.24, 2.45) is 0 Å². The van der Waals surface area contributed by atoms with Crippen molar-refractivity contribution in [2.45, 2.75) is 59.9 Å². The van der Waals surface area contributed by atoms with Crippen LogP contribution in [0.5, 0.6) is 0 Å². The van der Waals surface area contributed by atoms with Gasteiger partial charge in [0, 0.05) is 13.5 Å². The third-order valence-electron chi connectivity index (χ3n) is 4.87. The minimum atomic E-state index is -0.162. The van der Waals surface area contributed by atoms with E-state index in [1.165, 1.54) is 6.92 Å². The second-order valence-electron chi connectivity index (χ2n) is 7.97. The lowest BCUT2D eigenvalue weighted by Crippen LogP contribution is -2.40. The van der Waals surface area contributed by atoms with Gasteiger partial charge in [-0.3, -0.25) is 9.59 Å². The Kier molecular flexibility index (Phi) is 7.38. The molecule has 150 valence electrons. The molecule has 2 rings (SSSR count). The topological polar surface area (TPSA) is 49.4 Å². The second kappa shape index (κ2) is 9.54. The number of aryl methyl sites for hydroxylation is 1. The van der Waals surface area contributed by atoms with Crippen LogP contribution in [0.3, 0.4) is 0 Å². The molecule has 0 aliphatic heterocycles. The van der Waals surface area contributed by atoms with E-state index in [0.717, 1.165) is 27.9 Å². The Hall–Kier alpha value is -2.62. The Balaban J connectivity index is 2.26. The lowest BCUT2D eigenvalue weighted by Gasteiger charge is -2.29. The normalized spacial score (nSPS) is 11.0. The number of nitrogens with zero attached hydrogens (tertiary/aromatic N) is 1. The van der Waals surface area contributed by atoms with Gasteiger partial charge in [0.05, 0.1) is 5.69 Å². The van der Waals surface area contributed by atoms with Crippen LogP contribution < -0.4 is 10.2 Å². The zero-order valence-corrected chi connectivity index (χ0v) is 17.9. The number of carbonyl (C=O) groups is 2. The minimum absolute atomic E-state index is 0.0185. The van der Waals surface area contributed by atoms with Crippen molar-refractivity contribution in [3.63, 3.8) is 0 Å². The number of hydrogen-bond acceptors (Lipinski definition) is 2. The predicted molar refractivity (Wildman–Crippen MR) is 116 cm³/mol. The summed E-state index contributed by atoms with van der Waals surface area (Å²) in [5, 5.41) is 2.95. The fourth-order valence-corrected chi connectivity index (χ4v) is 3.39. The largest absolute Gasteiger partial charge is 0.350 e. The maximum atomic E-state index is 12.6. The van der Waals surface area contributed by atoms with Crippen molar-refractivity contribution in [3.05, 3.63) is 64.7 Å². The molecule has 2 aromatic carbocycles. The van der Waals surface area contributed by atoms with Crippen LogP contribution >= 0.6 is 0 Å². The van der Waals surface area contributed by atoms with Gasteiger partial charge in [0.15, 0.2) is 0 Å². The summed E-state index contributed by atoms with van der Waals surface area (Å²) in [5.41, 5.74) is 5.27. The first-order valence-corrected chi connectivity index (χ1v) is 9.93. The molecule has 0 aromatic heterocycles. The lowest BCUT2D eigenvalue weighted by atomic mass is 9.91. The van der Waals surface area contributed by atoms with Gasteiger partial charge in [0.25, 0.3) is 0 Å². The van der Waals surface area contributed by atoms with E-state index >= 15 is 0 Å². The smallest absolute Gasteiger partial charge is 0.240 e. The van der Waals surface area contributed by atoms with Crippen molar-refractivity contribution in [1.82, 2.24) is 5.32 Å². The number of amides is 2. The molecule has 0 saturated carbocycles. The number of hydrogen-bond donors (Lipinski definition) is 1. The molecule has 2 amide bonds. The summed E-state index contributed by atoms with van der Waals surface area (Å²) < 4.78 is 0. The van der Waals surface area contributed by atoms with E-state index in [1.54, 1.807) is 4.90 Å². The van der Waals surface area contributed by atoms with E-state index < -0.39 is 0 Å². The van der Waals surface area contributed by atoms with E-state index in [2.05, 4.69) is 33.0 Å². The first-order valence-electron chi connectivity index (χ1n) is 9.93. The van der Waals surface area contributed by atoms with Crippen molar-refractivity contribution < 1.29 is 9.59 Å². The Morgan fingerprint density at radius 2 is 1.54 bits per heavy atom. The summed E-state index contributed by atoms with van der Waals surface area (Å²) in [5.74, 6) is 0.225. The number of anilines is 1. The van der Waals surface area contributed by atoms with Crippen molar-refractivity contribution >= 4 is 17.5 Å². The Morgan fingerprint density at radius 3 is 2.04 bits per heavy atom. The minimum Gasteiger partial charge on any atom is -0.350 e. The highest BCUT2D eigenvalue weighted by Gasteiger charge is 2.24. The van der Waals surface area contributed by atoms with E-state index in [1.807, 2.05) is 49.4 Å². The zero-order valence-electron chi connectivity index (χ0n) is 17.9. The molecule has 28 heavy (non-hydrogen) atoms. The molecule has 4 nitrogen and oxygen atoms in total. The molecule has 2 aromatic rings. The molecule has 0 aliphatic rings. The highest BCUT2D eigenvalue weighted by molar-refractivity contribution is 5.99. The third kappa shape index (κ3) is 5.44. The van der Waals surface area contributed by atoms with Gasteiger partial charge >= 0.3 is 0 Å². The maximum Gasteiger partial charge on any atom is 0.240 e. The number of nitrogens with one attached hydrogen (secondary N) is 1. The monoisotopic (exact) mass is 380 g/mol. The fraction of sp³-hybridized carbons (Fsp3) is 0.417. The Morgan fingerprint density at radius 1 is 0.964 bits per heavy atom. The number of benzene rings is 2. The van der Waals surface area contributed by atoms with Crippen LogP contribution in [0.25, 0.3) is 0 Å². The van der Waals surface area contributed by atoms with Gasteiger partial charge in [-0.25, -0.2) is 0 Å². The first-order chi connectivity index (χ1) is 13.2. The van der Waals surface area contributed by atoms with Crippen LogP contribution in [0, 0.1) is 6.92 Å². The summed E-state index contributed by atoms with van der Waals surface area (Å²) >= 11 is 0. The molecule has 0 spiro atoms. The quantitative estimate of drug-likeness (QED) is 0.742. The first kappa shape index (κ1) is 21.7. The predicted octanol–water partition coefficient (Wildman–Crippen LogP) is 4.91. The standard InChI is InChI=1S/C24H32N2O2/c1-16(2)21-11-8-12-22(17(3)4)24(21)26(19(6)27)15-23(28)25-14-20-10-7-9-18(5)13-20/h7-13,16-17H,14-15H2,1-6H3,(H,25,28). The van der Waals surface area contributed by atoms with Gasteiger partial charge in [-0.15, -0.1) is 0 Å². The fourth-order valence-electron chi connectivity index (χ4n) is 3.39. The molecule has 0 fully saturated rings. The molecular weight excluding hydrogens is 348 g/mol. The summed E-state index contributed by atoms with van der Waals surface area (Å²) in [6.07, 6.45) is 0. The molecule has 0 bridgehead atoms. The molecule has 0 radical (unpaired) electrons. The molecule has 0 heterocycles. The molecule has 4 heteroatoms. The van der Waals surface area contributed by atoms with Crippen molar-refractivity contribution in [3.8, 4) is 0 Å². The van der Waals surface area contributed by atoms with Gasteiger partial charge in [-0.05, 0) is 35.4 Å². The zero-order chi connectivity index (χ0) is 20.8. The Bertz CT molecular complexity index is 814. The van der Waals surface area contributed by atoms with E-state index in [-0.39, 0.29) is 30.2 Å².